The molecule has 1 heterocycles. The van der Waals surface area contributed by atoms with Crippen LogP contribution in [0.4, 0.5) is 19.0 Å². The van der Waals surface area contributed by atoms with Crippen molar-refractivity contribution in [2.24, 2.45) is 5.41 Å². The Morgan fingerprint density at radius 1 is 1.35 bits per heavy atom. The summed E-state index contributed by atoms with van der Waals surface area (Å²) in [5.74, 6) is -1.02. The highest BCUT2D eigenvalue weighted by Crippen LogP contribution is 2.38. The van der Waals surface area contributed by atoms with E-state index >= 15 is 0 Å². The van der Waals surface area contributed by atoms with Crippen molar-refractivity contribution < 1.29 is 18.0 Å². The highest BCUT2D eigenvalue weighted by atomic mass is 127. The van der Waals surface area contributed by atoms with Gasteiger partial charge in [0.2, 0.25) is 5.91 Å². The van der Waals surface area contributed by atoms with Crippen LogP contribution in [0.3, 0.4) is 0 Å². The first-order valence-electron chi connectivity index (χ1n) is 4.64. The Balaban J connectivity index is 2.83. The molecule has 94 valence electrons. The van der Waals surface area contributed by atoms with Gasteiger partial charge in [0.1, 0.15) is 11.2 Å². The van der Waals surface area contributed by atoms with Crippen LogP contribution >= 0.6 is 22.6 Å². The third kappa shape index (κ3) is 3.30. The number of carbonyl (C=O) groups excluding carboxylic acids is 1. The molecule has 0 aliphatic carbocycles. The number of anilines is 1. The molecule has 0 bridgehead atoms. The van der Waals surface area contributed by atoms with Gasteiger partial charge in [-0.15, -0.1) is 0 Å². The second kappa shape index (κ2) is 4.79. The predicted molar refractivity (Wildman–Crippen MR) is 65.4 cm³/mol. The molecule has 0 fully saturated rings. The number of hydrogen-bond donors (Lipinski definition) is 1. The van der Waals surface area contributed by atoms with E-state index in [0.717, 1.165) is 17.4 Å². The van der Waals surface area contributed by atoms with Crippen molar-refractivity contribution in [3.05, 3.63) is 21.9 Å². The molecule has 0 saturated carbocycles. The minimum Gasteiger partial charge on any atom is -0.310 e. The van der Waals surface area contributed by atoms with E-state index < -0.39 is 17.5 Å². The van der Waals surface area contributed by atoms with Crippen LogP contribution in [0.5, 0.6) is 0 Å². The number of pyridine rings is 1. The van der Waals surface area contributed by atoms with Gasteiger partial charge in [0.25, 0.3) is 0 Å². The molecule has 0 atom stereocenters. The molecule has 1 aromatic rings. The zero-order chi connectivity index (χ0) is 13.3. The quantitative estimate of drug-likeness (QED) is 0.825. The zero-order valence-corrected chi connectivity index (χ0v) is 11.3. The van der Waals surface area contributed by atoms with Crippen molar-refractivity contribution >= 4 is 34.3 Å². The van der Waals surface area contributed by atoms with Gasteiger partial charge in [0.05, 0.1) is 0 Å². The molecule has 3 nitrogen and oxygen atoms in total. The van der Waals surface area contributed by atoms with Crippen LogP contribution in [0.15, 0.2) is 18.3 Å². The van der Waals surface area contributed by atoms with E-state index in [0.29, 0.717) is 0 Å². The molecule has 0 aliphatic heterocycles. The molecule has 17 heavy (non-hydrogen) atoms. The van der Waals surface area contributed by atoms with Crippen molar-refractivity contribution in [1.82, 2.24) is 4.98 Å². The van der Waals surface area contributed by atoms with E-state index in [1.165, 1.54) is 12.3 Å². The summed E-state index contributed by atoms with van der Waals surface area (Å²) in [6.45, 7) is 1.66. The smallest absolute Gasteiger partial charge is 0.310 e. The van der Waals surface area contributed by atoms with Crippen LogP contribution in [0.2, 0.25) is 0 Å². The van der Waals surface area contributed by atoms with E-state index in [2.05, 4.69) is 10.3 Å². The molecule has 0 aliphatic rings. The van der Waals surface area contributed by atoms with Crippen LogP contribution in [-0.4, -0.2) is 17.1 Å². The molecular formula is C10H10F3IN2O. The topological polar surface area (TPSA) is 42.0 Å². The number of rotatable bonds is 2. The van der Waals surface area contributed by atoms with Crippen molar-refractivity contribution in [2.75, 3.05) is 5.32 Å². The minimum absolute atomic E-state index is 0.104. The van der Waals surface area contributed by atoms with Crippen molar-refractivity contribution in [3.8, 4) is 0 Å². The summed E-state index contributed by atoms with van der Waals surface area (Å²) >= 11 is 2.00. The second-order valence-electron chi connectivity index (χ2n) is 3.94. The first-order valence-corrected chi connectivity index (χ1v) is 5.72. The Hall–Kier alpha value is -0.860. The lowest BCUT2D eigenvalue weighted by Crippen LogP contribution is -2.43. The van der Waals surface area contributed by atoms with Gasteiger partial charge in [0, 0.05) is 9.77 Å². The van der Waals surface area contributed by atoms with E-state index in [1.807, 2.05) is 22.6 Å². The van der Waals surface area contributed by atoms with Gasteiger partial charge >= 0.3 is 6.18 Å². The molecule has 1 rings (SSSR count). The summed E-state index contributed by atoms with van der Waals surface area (Å²) in [6.07, 6.45) is -3.14. The second-order valence-corrected chi connectivity index (χ2v) is 5.18. The number of halogens is 4. The molecule has 7 heteroatoms. The molecule has 0 unspecified atom stereocenters. The van der Waals surface area contributed by atoms with Crippen molar-refractivity contribution in [3.63, 3.8) is 0 Å². The summed E-state index contributed by atoms with van der Waals surface area (Å²) in [7, 11) is 0. The summed E-state index contributed by atoms with van der Waals surface area (Å²) in [5.41, 5.74) is -2.45. The minimum atomic E-state index is -4.60. The highest BCUT2D eigenvalue weighted by Gasteiger charge is 2.52. The Kier molecular flexibility index (Phi) is 4.00. The van der Waals surface area contributed by atoms with Gasteiger partial charge in [-0.1, -0.05) is 0 Å². The summed E-state index contributed by atoms with van der Waals surface area (Å²) in [4.78, 5) is 15.3. The van der Waals surface area contributed by atoms with E-state index in [1.54, 1.807) is 6.07 Å². The lowest BCUT2D eigenvalue weighted by Gasteiger charge is -2.25. The standard InChI is InChI=1S/C10H10F3IN2O/c1-9(2,10(11,12)13)8(17)16-7-4-3-6(14)5-15-7/h3-5H,1-2H3,(H,15,16,17). The van der Waals surface area contributed by atoms with Crippen LogP contribution in [-0.2, 0) is 4.79 Å². The number of amides is 1. The number of carbonyl (C=O) groups is 1. The van der Waals surface area contributed by atoms with Gasteiger partial charge < -0.3 is 5.32 Å². The average molecular weight is 358 g/mol. The van der Waals surface area contributed by atoms with Gasteiger partial charge in [-0.3, -0.25) is 4.79 Å². The van der Waals surface area contributed by atoms with Gasteiger partial charge in [-0.25, -0.2) is 4.98 Å². The Morgan fingerprint density at radius 2 is 1.94 bits per heavy atom. The maximum absolute atomic E-state index is 12.6. The molecular weight excluding hydrogens is 348 g/mol. The number of aromatic nitrogens is 1. The van der Waals surface area contributed by atoms with E-state index in [9.17, 15) is 18.0 Å². The monoisotopic (exact) mass is 358 g/mol. The first-order chi connectivity index (χ1) is 7.64. The van der Waals surface area contributed by atoms with Gasteiger partial charge in [-0.05, 0) is 48.6 Å². The number of nitrogens with zero attached hydrogens (tertiary/aromatic N) is 1. The molecule has 0 saturated heterocycles. The van der Waals surface area contributed by atoms with E-state index in [4.69, 9.17) is 0 Å². The maximum Gasteiger partial charge on any atom is 0.402 e. The summed E-state index contributed by atoms with van der Waals surface area (Å²) in [6, 6.07) is 3.09. The lowest BCUT2D eigenvalue weighted by molar-refractivity contribution is -0.208. The van der Waals surface area contributed by atoms with Crippen LogP contribution in [0.25, 0.3) is 0 Å². The van der Waals surface area contributed by atoms with Crippen LogP contribution in [0.1, 0.15) is 13.8 Å². The highest BCUT2D eigenvalue weighted by molar-refractivity contribution is 14.1. The van der Waals surface area contributed by atoms with Gasteiger partial charge in [0.15, 0.2) is 0 Å². The fourth-order valence-electron chi connectivity index (χ4n) is 0.851. The van der Waals surface area contributed by atoms with Crippen molar-refractivity contribution in [1.29, 1.82) is 0 Å². The zero-order valence-electron chi connectivity index (χ0n) is 9.10. The number of alkyl halides is 3. The Labute approximate surface area is 110 Å². The fraction of sp³-hybridized carbons (Fsp3) is 0.400. The van der Waals surface area contributed by atoms with Crippen LogP contribution in [0, 0.1) is 8.99 Å². The third-order valence-corrected chi connectivity index (χ3v) is 2.88. The molecule has 0 spiro atoms. The van der Waals surface area contributed by atoms with Crippen molar-refractivity contribution in [2.45, 2.75) is 20.0 Å². The summed E-state index contributed by atoms with van der Waals surface area (Å²) < 4.78 is 38.5. The van der Waals surface area contributed by atoms with E-state index in [-0.39, 0.29) is 5.82 Å². The van der Waals surface area contributed by atoms with Crippen LogP contribution < -0.4 is 5.32 Å². The normalized spacial score (nSPS) is 12.4. The molecule has 1 amide bonds. The predicted octanol–water partition coefficient (Wildman–Crippen LogP) is 3.21. The molecule has 1 N–H and O–H groups in total. The Morgan fingerprint density at radius 3 is 2.35 bits per heavy atom. The Bertz CT molecular complexity index is 415. The molecule has 0 aromatic carbocycles. The lowest BCUT2D eigenvalue weighted by atomic mass is 9.91. The number of nitrogens with one attached hydrogen (secondary N) is 1. The molecule has 0 radical (unpaired) electrons. The maximum atomic E-state index is 12.6. The SMILES string of the molecule is CC(C)(C(=O)Nc1ccc(I)cn1)C(F)(F)F. The summed E-state index contributed by atoms with van der Waals surface area (Å²) in [5, 5.41) is 2.14. The average Bonchev–Trinajstić information content (AvgIpc) is 2.19. The first kappa shape index (κ1) is 14.2. The molecule has 1 aromatic heterocycles. The fourth-order valence-corrected chi connectivity index (χ4v) is 1.17. The van der Waals surface area contributed by atoms with Gasteiger partial charge in [-0.2, -0.15) is 13.2 Å². The number of hydrogen-bond acceptors (Lipinski definition) is 2. The third-order valence-electron chi connectivity index (χ3n) is 2.25. The largest absolute Gasteiger partial charge is 0.402 e.